The van der Waals surface area contributed by atoms with Gasteiger partial charge in [-0.1, -0.05) is 0 Å². The summed E-state index contributed by atoms with van der Waals surface area (Å²) in [5, 5.41) is 10.0. The summed E-state index contributed by atoms with van der Waals surface area (Å²) in [7, 11) is 1.82. The van der Waals surface area contributed by atoms with Gasteiger partial charge in [0.25, 0.3) is 11.5 Å². The molecule has 1 aliphatic heterocycles. The lowest BCUT2D eigenvalue weighted by molar-refractivity contribution is 0.0966. The number of hydrogen-bond donors (Lipinski definition) is 3. The van der Waals surface area contributed by atoms with Gasteiger partial charge in [-0.15, -0.1) is 0 Å². The van der Waals surface area contributed by atoms with E-state index in [4.69, 9.17) is 0 Å². The lowest BCUT2D eigenvalue weighted by atomic mass is 10.1. The first-order valence-electron chi connectivity index (χ1n) is 8.37. The van der Waals surface area contributed by atoms with Crippen LogP contribution in [-0.2, 0) is 13.6 Å². The van der Waals surface area contributed by atoms with Crippen LogP contribution >= 0.6 is 0 Å². The predicted molar refractivity (Wildman–Crippen MR) is 99.4 cm³/mol. The number of nitrogens with one attached hydrogen (secondary N) is 3. The molecule has 5 rings (SSSR count). The molecule has 0 saturated heterocycles. The second-order valence-corrected chi connectivity index (χ2v) is 6.39. The van der Waals surface area contributed by atoms with Gasteiger partial charge in [0.1, 0.15) is 5.52 Å². The molecule has 0 atom stereocenters. The van der Waals surface area contributed by atoms with E-state index >= 15 is 0 Å². The molecule has 0 aliphatic carbocycles. The zero-order chi connectivity index (χ0) is 18.5. The normalized spacial score (nSPS) is 13.0. The highest BCUT2D eigenvalue weighted by molar-refractivity contribution is 5.98. The monoisotopic (exact) mass is 361 g/mol. The van der Waals surface area contributed by atoms with Crippen LogP contribution in [0.4, 0.5) is 11.6 Å². The topological polar surface area (TPSA) is 110 Å². The van der Waals surface area contributed by atoms with E-state index in [9.17, 15) is 9.59 Å². The number of nitrogens with zero attached hydrogens (tertiary/aromatic N) is 4. The summed E-state index contributed by atoms with van der Waals surface area (Å²) in [5.74, 6) is 0.273. The van der Waals surface area contributed by atoms with E-state index in [0.717, 1.165) is 16.9 Å². The lowest BCUT2D eigenvalue weighted by Crippen LogP contribution is -2.13. The molecule has 4 heterocycles. The van der Waals surface area contributed by atoms with E-state index in [1.165, 1.54) is 0 Å². The van der Waals surface area contributed by atoms with E-state index in [1.807, 2.05) is 19.3 Å². The number of carbonyl (C=O) groups is 1. The number of anilines is 2. The van der Waals surface area contributed by atoms with Crippen molar-refractivity contribution in [2.45, 2.75) is 6.54 Å². The Kier molecular flexibility index (Phi) is 3.17. The van der Waals surface area contributed by atoms with Gasteiger partial charge in [0.05, 0.1) is 17.4 Å². The van der Waals surface area contributed by atoms with Crippen LogP contribution < -0.4 is 16.2 Å². The fraction of sp³-hybridized carbons (Fsp3) is 0.111. The number of fused-ring (bicyclic) bond motifs is 2. The van der Waals surface area contributed by atoms with E-state index < -0.39 is 0 Å². The number of aromatic amines is 1. The molecule has 0 spiro atoms. The summed E-state index contributed by atoms with van der Waals surface area (Å²) < 4.78 is 3.43. The van der Waals surface area contributed by atoms with Crippen LogP contribution in [0.2, 0.25) is 0 Å². The van der Waals surface area contributed by atoms with Gasteiger partial charge in [-0.05, 0) is 29.8 Å². The van der Waals surface area contributed by atoms with Gasteiger partial charge in [-0.3, -0.25) is 19.3 Å². The van der Waals surface area contributed by atoms with Crippen molar-refractivity contribution in [2.75, 3.05) is 5.32 Å². The molecular weight excluding hydrogens is 346 g/mol. The summed E-state index contributed by atoms with van der Waals surface area (Å²) in [5.41, 5.74) is 3.90. The van der Waals surface area contributed by atoms with Gasteiger partial charge >= 0.3 is 0 Å². The molecule has 1 amide bonds. The third-order valence-corrected chi connectivity index (χ3v) is 4.57. The van der Waals surface area contributed by atoms with Gasteiger partial charge in [0, 0.05) is 37.2 Å². The molecule has 0 radical (unpaired) electrons. The maximum absolute atomic E-state index is 12.6. The predicted octanol–water partition coefficient (Wildman–Crippen LogP) is 1.43. The number of benzene rings is 1. The van der Waals surface area contributed by atoms with Crippen LogP contribution in [-0.4, -0.2) is 30.2 Å². The average Bonchev–Trinajstić information content (AvgIpc) is 3.34. The van der Waals surface area contributed by atoms with Crippen LogP contribution in [0.15, 0.2) is 47.7 Å². The number of aromatic nitrogens is 5. The number of aryl methyl sites for hydroxylation is 1. The summed E-state index contributed by atoms with van der Waals surface area (Å²) in [6, 6.07) is 7.20. The highest BCUT2D eigenvalue weighted by Gasteiger charge is 2.19. The van der Waals surface area contributed by atoms with Gasteiger partial charge < -0.3 is 15.2 Å². The van der Waals surface area contributed by atoms with Crippen molar-refractivity contribution in [1.82, 2.24) is 29.6 Å². The molecule has 1 aromatic carbocycles. The zero-order valence-corrected chi connectivity index (χ0v) is 14.4. The van der Waals surface area contributed by atoms with Gasteiger partial charge in [-0.2, -0.15) is 5.10 Å². The highest BCUT2D eigenvalue weighted by Crippen LogP contribution is 2.22. The third-order valence-electron chi connectivity index (χ3n) is 4.57. The van der Waals surface area contributed by atoms with Crippen LogP contribution in [0.1, 0.15) is 15.9 Å². The Labute approximate surface area is 152 Å². The van der Waals surface area contributed by atoms with Gasteiger partial charge in [-0.25, -0.2) is 4.98 Å². The molecule has 0 saturated carbocycles. The minimum Gasteiger partial charge on any atom is -0.348 e. The van der Waals surface area contributed by atoms with E-state index in [2.05, 4.69) is 25.7 Å². The molecule has 134 valence electrons. The molecule has 3 aromatic heterocycles. The zero-order valence-electron chi connectivity index (χ0n) is 14.4. The molecule has 0 unspecified atom stereocenters. The first-order valence-corrected chi connectivity index (χ1v) is 8.37. The summed E-state index contributed by atoms with van der Waals surface area (Å²) >= 11 is 0. The standard InChI is InChI=1S/C18H15N7O2/c1-24-9-12(8-20-24)25-5-4-14-15(25)17(27)23-18(22-14)21-11-2-3-13-10(6-11)7-19-16(13)26/h2-6,8-9H,7H2,1H3,(H,19,26)(H2,21,22,23,27). The molecule has 3 N–H and O–H groups in total. The number of amides is 1. The maximum Gasteiger partial charge on any atom is 0.277 e. The van der Waals surface area contributed by atoms with E-state index in [-0.39, 0.29) is 11.5 Å². The Morgan fingerprint density at radius 1 is 1.22 bits per heavy atom. The Hall–Kier alpha value is -3.88. The van der Waals surface area contributed by atoms with Gasteiger partial charge in [0.2, 0.25) is 5.95 Å². The van der Waals surface area contributed by atoms with Crippen molar-refractivity contribution in [3.05, 3.63) is 64.3 Å². The minimum absolute atomic E-state index is 0.0683. The number of rotatable bonds is 3. The number of carbonyl (C=O) groups excluding carboxylic acids is 1. The van der Waals surface area contributed by atoms with Crippen LogP contribution in [0.3, 0.4) is 0 Å². The quantitative estimate of drug-likeness (QED) is 0.511. The summed E-state index contributed by atoms with van der Waals surface area (Å²) in [6.45, 7) is 0.501. The van der Waals surface area contributed by atoms with Crippen molar-refractivity contribution < 1.29 is 4.79 Å². The van der Waals surface area contributed by atoms with Crippen molar-refractivity contribution >= 4 is 28.6 Å². The average molecular weight is 361 g/mol. The second-order valence-electron chi connectivity index (χ2n) is 6.39. The molecular formula is C18H15N7O2. The second kappa shape index (κ2) is 5.56. The maximum atomic E-state index is 12.6. The largest absolute Gasteiger partial charge is 0.348 e. The molecule has 9 nitrogen and oxygen atoms in total. The minimum atomic E-state index is -0.255. The summed E-state index contributed by atoms with van der Waals surface area (Å²) in [4.78, 5) is 31.6. The van der Waals surface area contributed by atoms with Crippen molar-refractivity contribution in [1.29, 1.82) is 0 Å². The first-order chi connectivity index (χ1) is 13.1. The molecule has 9 heteroatoms. The summed E-state index contributed by atoms with van der Waals surface area (Å²) in [6.07, 6.45) is 5.30. The fourth-order valence-corrected chi connectivity index (χ4v) is 3.31. The van der Waals surface area contributed by atoms with Crippen LogP contribution in [0.5, 0.6) is 0 Å². The Bertz CT molecular complexity index is 1260. The Morgan fingerprint density at radius 3 is 2.93 bits per heavy atom. The molecule has 0 bridgehead atoms. The highest BCUT2D eigenvalue weighted by atomic mass is 16.2. The first kappa shape index (κ1) is 15.4. The Balaban J connectivity index is 1.52. The van der Waals surface area contributed by atoms with Crippen molar-refractivity contribution in [2.24, 2.45) is 7.05 Å². The molecule has 27 heavy (non-hydrogen) atoms. The van der Waals surface area contributed by atoms with Crippen molar-refractivity contribution in [3.8, 4) is 5.69 Å². The van der Waals surface area contributed by atoms with Gasteiger partial charge in [0.15, 0.2) is 0 Å². The van der Waals surface area contributed by atoms with Crippen LogP contribution in [0.25, 0.3) is 16.7 Å². The smallest absolute Gasteiger partial charge is 0.277 e. The number of hydrogen-bond acceptors (Lipinski definition) is 5. The number of H-pyrrole nitrogens is 1. The molecule has 4 aromatic rings. The third kappa shape index (κ3) is 2.48. The SMILES string of the molecule is Cn1cc(-n2ccc3nc(Nc4ccc5c(c4)CNC5=O)[nH]c(=O)c32)cn1. The fourth-order valence-electron chi connectivity index (χ4n) is 3.31. The van der Waals surface area contributed by atoms with Crippen LogP contribution in [0, 0.1) is 0 Å². The lowest BCUT2D eigenvalue weighted by Gasteiger charge is -2.07. The van der Waals surface area contributed by atoms with E-state index in [1.54, 1.807) is 39.8 Å². The van der Waals surface area contributed by atoms with E-state index in [0.29, 0.717) is 29.1 Å². The van der Waals surface area contributed by atoms with Crippen molar-refractivity contribution in [3.63, 3.8) is 0 Å². The molecule has 1 aliphatic rings. The molecule has 0 fully saturated rings. The Morgan fingerprint density at radius 2 is 2.11 bits per heavy atom.